The van der Waals surface area contributed by atoms with Gasteiger partial charge in [0.1, 0.15) is 17.3 Å². The summed E-state index contributed by atoms with van der Waals surface area (Å²) >= 11 is 3.00. The predicted molar refractivity (Wildman–Crippen MR) is 171 cm³/mol. The molecule has 8 nitrogen and oxygen atoms in total. The Labute approximate surface area is 335 Å². The van der Waals surface area contributed by atoms with E-state index >= 15 is 0 Å². The van der Waals surface area contributed by atoms with Gasteiger partial charge in [-0.25, -0.2) is 28.3 Å². The van der Waals surface area contributed by atoms with Gasteiger partial charge in [0, 0.05) is 16.3 Å². The number of carboxylic acids is 2. The Kier molecular flexibility index (Phi) is 25.9. The van der Waals surface area contributed by atoms with E-state index in [0.29, 0.717) is 23.2 Å². The topological polar surface area (TPSA) is 141 Å². The van der Waals surface area contributed by atoms with Crippen LogP contribution in [0.4, 0.5) is 13.2 Å². The smallest absolute Gasteiger partial charge is 1.00 e. The van der Waals surface area contributed by atoms with E-state index in [0.717, 1.165) is 34.1 Å². The first kappa shape index (κ1) is 47.0. The molecule has 0 saturated heterocycles. The molecule has 2 heterocycles. The van der Waals surface area contributed by atoms with E-state index < -0.39 is 36.3 Å². The Morgan fingerprint density at radius 3 is 1.66 bits per heavy atom. The van der Waals surface area contributed by atoms with E-state index in [4.69, 9.17) is 11.6 Å². The van der Waals surface area contributed by atoms with Gasteiger partial charge < -0.3 is 32.3 Å². The fraction of sp³-hybridized carbons (Fsp3) is 0.281. The van der Waals surface area contributed by atoms with Gasteiger partial charge in [-0.15, -0.1) is 28.3 Å². The molecule has 0 spiro atoms. The second kappa shape index (κ2) is 25.9. The molecule has 15 heteroatoms. The molecule has 0 bridgehead atoms. The molecule has 47 heavy (non-hydrogen) atoms. The summed E-state index contributed by atoms with van der Waals surface area (Å²) in [4.78, 5) is 39.1. The molecule has 0 unspecified atom stereocenters. The molecule has 0 atom stereocenters. The summed E-state index contributed by atoms with van der Waals surface area (Å²) in [7, 11) is -1.00. The van der Waals surface area contributed by atoms with E-state index in [-0.39, 0.29) is 79.5 Å². The van der Waals surface area contributed by atoms with Gasteiger partial charge in [-0.2, -0.15) is 0 Å². The van der Waals surface area contributed by atoms with Crippen LogP contribution in [0.5, 0.6) is 0 Å². The van der Waals surface area contributed by atoms with Gasteiger partial charge in [-0.05, 0) is 62.2 Å². The summed E-state index contributed by atoms with van der Waals surface area (Å²) in [6, 6.07) is 7.77. The number of aromatic nitrogens is 2. The number of carbonyl (C=O) groups excluding carboxylic acids is 1. The van der Waals surface area contributed by atoms with Gasteiger partial charge in [0.05, 0.1) is 35.4 Å². The zero-order chi connectivity index (χ0) is 35.4. The number of hydrogen-bond donors (Lipinski definition) is 2. The minimum atomic E-state index is -1.14. The number of thiazole rings is 2. The first-order valence-electron chi connectivity index (χ1n) is 13.7. The number of nitrogens with zero attached hydrogens (tertiary/aromatic N) is 2. The summed E-state index contributed by atoms with van der Waals surface area (Å²) in [5, 5.41) is 32.8. The van der Waals surface area contributed by atoms with Crippen LogP contribution in [0, 0.1) is 25.5 Å². The van der Waals surface area contributed by atoms with E-state index in [1.807, 2.05) is 26.2 Å². The van der Waals surface area contributed by atoms with Crippen molar-refractivity contribution >= 4 is 53.1 Å². The zero-order valence-electron chi connectivity index (χ0n) is 28.0. The Balaban J connectivity index is -0.000000587. The molecule has 0 aliphatic carbocycles. The Bertz CT molecular complexity index is 1580. The number of carbonyl (C=O) groups is 3. The van der Waals surface area contributed by atoms with Crippen molar-refractivity contribution in [2.45, 2.75) is 53.6 Å². The summed E-state index contributed by atoms with van der Waals surface area (Å²) in [6.07, 6.45) is 4.60. The van der Waals surface area contributed by atoms with Crippen LogP contribution < -0.4 is 73.5 Å². The molecule has 0 aliphatic rings. The van der Waals surface area contributed by atoms with Crippen molar-refractivity contribution in [1.29, 1.82) is 0 Å². The second-order valence-corrected chi connectivity index (χ2v) is 11.8. The van der Waals surface area contributed by atoms with Gasteiger partial charge in [0.25, 0.3) is 0 Å². The number of carboxylic acid groups (broad SMARTS) is 2. The molecule has 2 N–H and O–H groups in total. The third kappa shape index (κ3) is 22.2. The zero-order valence-corrected chi connectivity index (χ0v) is 33.4. The molecule has 0 aliphatic heterocycles. The van der Waals surface area contributed by atoms with Gasteiger partial charge in [0.15, 0.2) is 6.29 Å². The fourth-order valence-corrected chi connectivity index (χ4v) is 3.97. The van der Waals surface area contributed by atoms with Crippen LogP contribution in [-0.4, -0.2) is 51.2 Å². The molecule has 4 rings (SSSR count). The van der Waals surface area contributed by atoms with Gasteiger partial charge in [-0.1, -0.05) is 39.8 Å². The minimum Gasteiger partial charge on any atom is -1.00 e. The summed E-state index contributed by atoms with van der Waals surface area (Å²) in [5.41, 5.74) is 1.36. The van der Waals surface area contributed by atoms with E-state index in [1.165, 1.54) is 46.9 Å². The first-order chi connectivity index (χ1) is 21.4. The van der Waals surface area contributed by atoms with Crippen LogP contribution in [-0.2, 0) is 6.42 Å². The fourth-order valence-electron chi connectivity index (χ4n) is 2.83. The SMILES string of the molecule is CC(C)(C)[O-].CCc1ccc(C(=O)O)cc1F.Cc1nc(C=Cc2ccc(C(=O)O)cc2F)cs1.Cc1nc(C=O)cs1.[2H]CF.[Br-].[K+]. The number of aromatic carboxylic acids is 2. The maximum Gasteiger partial charge on any atom is 1.00 e. The third-order valence-corrected chi connectivity index (χ3v) is 6.34. The summed E-state index contributed by atoms with van der Waals surface area (Å²) in [6.45, 7) is 10.5. The van der Waals surface area contributed by atoms with Crippen molar-refractivity contribution < 1.29 is 113 Å². The van der Waals surface area contributed by atoms with E-state index in [2.05, 4.69) is 9.97 Å². The van der Waals surface area contributed by atoms with Crippen LogP contribution in [0.2, 0.25) is 0 Å². The number of aldehydes is 1. The van der Waals surface area contributed by atoms with Gasteiger partial charge in [0.2, 0.25) is 0 Å². The largest absolute Gasteiger partial charge is 1.00 e. The second-order valence-electron chi connectivity index (χ2n) is 9.65. The van der Waals surface area contributed by atoms with Crippen LogP contribution in [0.3, 0.4) is 0 Å². The average Bonchev–Trinajstić information content (AvgIpc) is 3.59. The maximum atomic E-state index is 13.6. The van der Waals surface area contributed by atoms with Gasteiger partial charge >= 0.3 is 63.3 Å². The monoisotopic (exact) mass is 784 g/mol. The molecule has 0 fully saturated rings. The van der Waals surface area contributed by atoms with Crippen LogP contribution in [0.15, 0.2) is 47.2 Å². The molecule has 0 amide bonds. The number of aryl methyl sites for hydroxylation is 3. The van der Waals surface area contributed by atoms with Crippen LogP contribution in [0.25, 0.3) is 12.2 Å². The number of halogens is 4. The average molecular weight is 786 g/mol. The maximum absolute atomic E-state index is 13.6. The molecular formula is C32H36BrF3KN2O6S2-. The Morgan fingerprint density at radius 1 is 0.915 bits per heavy atom. The summed E-state index contributed by atoms with van der Waals surface area (Å²) < 4.78 is 42.0. The van der Waals surface area contributed by atoms with Crippen LogP contribution in [0.1, 0.15) is 87.1 Å². The van der Waals surface area contributed by atoms with Crippen molar-refractivity contribution in [2.24, 2.45) is 0 Å². The number of hydrogen-bond acceptors (Lipinski definition) is 8. The third-order valence-electron chi connectivity index (χ3n) is 4.76. The number of benzene rings is 2. The predicted octanol–water partition coefficient (Wildman–Crippen LogP) is 1.55. The quantitative estimate of drug-likeness (QED) is 0.222. The summed E-state index contributed by atoms with van der Waals surface area (Å²) in [5.74, 6) is -3.24. The molecule has 4 aromatic rings. The Morgan fingerprint density at radius 2 is 1.34 bits per heavy atom. The molecule has 0 saturated carbocycles. The van der Waals surface area contributed by atoms with E-state index in [1.54, 1.807) is 38.3 Å². The van der Waals surface area contributed by atoms with Crippen molar-refractivity contribution in [3.8, 4) is 0 Å². The number of alkyl halides is 1. The molecular weight excluding hydrogens is 748 g/mol. The van der Waals surface area contributed by atoms with Crippen molar-refractivity contribution in [3.63, 3.8) is 0 Å². The molecule has 2 aromatic heterocycles. The Hall–Kier alpha value is -2.08. The molecule has 2 aromatic carbocycles. The van der Waals surface area contributed by atoms with Gasteiger partial charge in [-0.3, -0.25) is 9.18 Å². The van der Waals surface area contributed by atoms with E-state index in [9.17, 15) is 32.7 Å². The van der Waals surface area contributed by atoms with Crippen molar-refractivity contribution in [3.05, 3.63) is 102 Å². The number of rotatable bonds is 6. The minimum absolute atomic E-state index is 0. The first-order valence-corrected chi connectivity index (χ1v) is 14.8. The van der Waals surface area contributed by atoms with Crippen molar-refractivity contribution in [2.75, 3.05) is 7.15 Å². The standard InChI is InChI=1S/C13H10FNO2S.C9H9FO2.C5H5NOS.C4H9O.CH3F.BrH.K/c1-8-15-11(7-18-8)5-4-9-2-3-10(13(16)17)6-12(9)14;1-2-6-3-4-7(9(11)12)5-8(6)10;1-4-6-5(2-7)3-8-4;1-4(2,3)5;1-2;;/h2-7H,1H3,(H,16,17);3-5H,2H2,1H3,(H,11,12);2-3H,1H3;1-3H3;1H3;1H;/q;;;-1;;;+1/p-1/i;;;;1D;;. The molecule has 252 valence electrons. The van der Waals surface area contributed by atoms with Crippen LogP contribution >= 0.6 is 22.7 Å². The normalized spacial score (nSPS) is 9.96. The molecule has 0 radical (unpaired) electrons. The van der Waals surface area contributed by atoms with Crippen molar-refractivity contribution in [1.82, 2.24) is 9.97 Å².